The molecule has 0 saturated carbocycles. The Kier molecular flexibility index (Phi) is 8.20. The number of amides is 3. The van der Waals surface area contributed by atoms with Crippen molar-refractivity contribution < 1.29 is 14.4 Å². The van der Waals surface area contributed by atoms with Crippen LogP contribution >= 0.6 is 22.9 Å². The van der Waals surface area contributed by atoms with E-state index in [-0.39, 0.29) is 18.2 Å². The first kappa shape index (κ1) is 22.5. The van der Waals surface area contributed by atoms with Gasteiger partial charge < -0.3 is 5.32 Å². The molecule has 6 nitrogen and oxygen atoms in total. The van der Waals surface area contributed by atoms with Gasteiger partial charge in [0.2, 0.25) is 11.8 Å². The van der Waals surface area contributed by atoms with Crippen LogP contribution in [0, 0.1) is 0 Å². The molecule has 0 saturated heterocycles. The van der Waals surface area contributed by atoms with Crippen molar-refractivity contribution in [3.8, 4) is 0 Å². The monoisotopic (exact) mass is 455 g/mol. The van der Waals surface area contributed by atoms with E-state index in [2.05, 4.69) is 22.2 Å². The van der Waals surface area contributed by atoms with Crippen LogP contribution in [0.25, 0.3) is 0 Å². The lowest BCUT2D eigenvalue weighted by Crippen LogP contribution is -2.42. The SMILES string of the molecule is O=C(Cc1ccc(Cl)cc1)NNC(=O)c1cccc(NC(=O)CCCc2cccs2)c1. The Morgan fingerprint density at radius 1 is 0.903 bits per heavy atom. The van der Waals surface area contributed by atoms with Gasteiger partial charge in [0.15, 0.2) is 0 Å². The molecule has 160 valence electrons. The van der Waals surface area contributed by atoms with Crippen LogP contribution in [0.1, 0.15) is 33.6 Å². The molecule has 0 radical (unpaired) electrons. The number of benzene rings is 2. The molecule has 3 amide bonds. The fourth-order valence-corrected chi connectivity index (χ4v) is 3.75. The van der Waals surface area contributed by atoms with Crippen molar-refractivity contribution in [2.24, 2.45) is 0 Å². The summed E-state index contributed by atoms with van der Waals surface area (Å²) in [5.74, 6) is -0.936. The molecule has 0 aliphatic rings. The Bertz CT molecular complexity index is 1040. The lowest BCUT2D eigenvalue weighted by Gasteiger charge is -2.09. The topological polar surface area (TPSA) is 87.3 Å². The van der Waals surface area contributed by atoms with E-state index < -0.39 is 5.91 Å². The number of nitrogens with one attached hydrogen (secondary N) is 3. The van der Waals surface area contributed by atoms with Gasteiger partial charge in [0, 0.05) is 27.6 Å². The number of aryl methyl sites for hydroxylation is 1. The zero-order chi connectivity index (χ0) is 22.1. The molecule has 0 bridgehead atoms. The fraction of sp³-hybridized carbons (Fsp3) is 0.174. The molecule has 3 rings (SSSR count). The molecule has 2 aromatic carbocycles. The summed E-state index contributed by atoms with van der Waals surface area (Å²) in [5.41, 5.74) is 6.40. The van der Waals surface area contributed by atoms with Crippen molar-refractivity contribution in [1.82, 2.24) is 10.9 Å². The van der Waals surface area contributed by atoms with Crippen molar-refractivity contribution in [2.45, 2.75) is 25.7 Å². The van der Waals surface area contributed by atoms with Crippen LogP contribution in [0.5, 0.6) is 0 Å². The van der Waals surface area contributed by atoms with Gasteiger partial charge in [-0.25, -0.2) is 0 Å². The molecule has 0 spiro atoms. The minimum atomic E-state index is -0.474. The van der Waals surface area contributed by atoms with Crippen LogP contribution < -0.4 is 16.2 Å². The summed E-state index contributed by atoms with van der Waals surface area (Å²) in [5, 5.41) is 5.42. The third kappa shape index (κ3) is 7.55. The van der Waals surface area contributed by atoms with E-state index in [4.69, 9.17) is 11.6 Å². The molecule has 1 aromatic heterocycles. The average molecular weight is 456 g/mol. The summed E-state index contributed by atoms with van der Waals surface area (Å²) in [6.45, 7) is 0. The number of hydrogen-bond donors (Lipinski definition) is 3. The van der Waals surface area contributed by atoms with Gasteiger partial charge >= 0.3 is 0 Å². The number of anilines is 1. The van der Waals surface area contributed by atoms with Gasteiger partial charge in [0.05, 0.1) is 6.42 Å². The lowest BCUT2D eigenvalue weighted by molar-refractivity contribution is -0.121. The third-order valence-electron chi connectivity index (χ3n) is 4.41. The Labute approximate surface area is 189 Å². The predicted octanol–water partition coefficient (Wildman–Crippen LogP) is 4.37. The first-order chi connectivity index (χ1) is 15.0. The first-order valence-corrected chi connectivity index (χ1v) is 11.0. The molecule has 8 heteroatoms. The number of hydrazine groups is 1. The van der Waals surface area contributed by atoms with E-state index in [9.17, 15) is 14.4 Å². The second-order valence-electron chi connectivity index (χ2n) is 6.87. The second kappa shape index (κ2) is 11.3. The van der Waals surface area contributed by atoms with Gasteiger partial charge in [-0.2, -0.15) is 0 Å². The smallest absolute Gasteiger partial charge is 0.269 e. The standard InChI is InChI=1S/C23H22ClN3O3S/c24-18-11-9-16(10-12-18)14-22(29)26-27-23(30)17-4-1-5-19(15-17)25-21(28)8-2-6-20-7-3-13-31-20/h1,3-5,7,9-13,15H,2,6,8,14H2,(H,25,28)(H,26,29)(H,27,30). The van der Waals surface area contributed by atoms with E-state index in [1.165, 1.54) is 4.88 Å². The fourth-order valence-electron chi connectivity index (χ4n) is 2.87. The molecular formula is C23H22ClN3O3S. The van der Waals surface area contributed by atoms with Crippen molar-refractivity contribution in [3.63, 3.8) is 0 Å². The van der Waals surface area contributed by atoms with Gasteiger partial charge in [0.25, 0.3) is 5.91 Å². The highest BCUT2D eigenvalue weighted by Gasteiger charge is 2.10. The van der Waals surface area contributed by atoms with E-state index in [1.807, 2.05) is 11.4 Å². The van der Waals surface area contributed by atoms with Crippen molar-refractivity contribution >= 4 is 46.3 Å². The van der Waals surface area contributed by atoms with E-state index in [0.717, 1.165) is 18.4 Å². The molecule has 0 fully saturated rings. The minimum absolute atomic E-state index is 0.106. The van der Waals surface area contributed by atoms with Crippen molar-refractivity contribution in [2.75, 3.05) is 5.32 Å². The molecule has 0 atom stereocenters. The first-order valence-electron chi connectivity index (χ1n) is 9.75. The molecular weight excluding hydrogens is 434 g/mol. The average Bonchev–Trinajstić information content (AvgIpc) is 3.27. The van der Waals surface area contributed by atoms with Gasteiger partial charge in [-0.1, -0.05) is 35.9 Å². The maximum atomic E-state index is 12.3. The molecule has 0 aliphatic heterocycles. The maximum absolute atomic E-state index is 12.3. The number of halogens is 1. The van der Waals surface area contributed by atoms with E-state index in [0.29, 0.717) is 22.7 Å². The number of carbonyl (C=O) groups is 3. The molecule has 0 aliphatic carbocycles. The van der Waals surface area contributed by atoms with Crippen LogP contribution in [0.4, 0.5) is 5.69 Å². The van der Waals surface area contributed by atoms with E-state index >= 15 is 0 Å². The molecule has 0 unspecified atom stereocenters. The van der Waals surface area contributed by atoms with E-state index in [1.54, 1.807) is 59.9 Å². The summed E-state index contributed by atoms with van der Waals surface area (Å²) in [7, 11) is 0. The van der Waals surface area contributed by atoms with Crippen LogP contribution in [0.3, 0.4) is 0 Å². The summed E-state index contributed by atoms with van der Waals surface area (Å²) in [6.07, 6.45) is 2.13. The summed E-state index contributed by atoms with van der Waals surface area (Å²) in [6, 6.07) is 17.5. The van der Waals surface area contributed by atoms with Gasteiger partial charge in [-0.15, -0.1) is 11.3 Å². The number of hydrogen-bond acceptors (Lipinski definition) is 4. The maximum Gasteiger partial charge on any atom is 0.269 e. The Morgan fingerprint density at radius 3 is 2.45 bits per heavy atom. The molecule has 31 heavy (non-hydrogen) atoms. The quantitative estimate of drug-likeness (QED) is 0.441. The largest absolute Gasteiger partial charge is 0.326 e. The number of carbonyl (C=O) groups excluding carboxylic acids is 3. The normalized spacial score (nSPS) is 10.4. The highest BCUT2D eigenvalue weighted by atomic mass is 35.5. The zero-order valence-corrected chi connectivity index (χ0v) is 18.3. The summed E-state index contributed by atoms with van der Waals surface area (Å²) < 4.78 is 0. The Hall–Kier alpha value is -3.16. The van der Waals surface area contributed by atoms with Crippen LogP contribution in [-0.4, -0.2) is 17.7 Å². The van der Waals surface area contributed by atoms with Gasteiger partial charge in [-0.3, -0.25) is 25.2 Å². The molecule has 1 heterocycles. The summed E-state index contributed by atoms with van der Waals surface area (Å²) in [4.78, 5) is 37.8. The number of rotatable bonds is 8. The predicted molar refractivity (Wildman–Crippen MR) is 123 cm³/mol. The second-order valence-corrected chi connectivity index (χ2v) is 8.34. The molecule has 3 aromatic rings. The molecule has 3 N–H and O–H groups in total. The third-order valence-corrected chi connectivity index (χ3v) is 5.60. The minimum Gasteiger partial charge on any atom is -0.326 e. The van der Waals surface area contributed by atoms with Gasteiger partial charge in [0.1, 0.15) is 0 Å². The lowest BCUT2D eigenvalue weighted by atomic mass is 10.1. The van der Waals surface area contributed by atoms with Crippen molar-refractivity contribution in [3.05, 3.63) is 87.1 Å². The highest BCUT2D eigenvalue weighted by molar-refractivity contribution is 7.09. The van der Waals surface area contributed by atoms with Gasteiger partial charge in [-0.05, 0) is 60.2 Å². The van der Waals surface area contributed by atoms with Crippen LogP contribution in [0.2, 0.25) is 5.02 Å². The van der Waals surface area contributed by atoms with Crippen LogP contribution in [0.15, 0.2) is 66.0 Å². The van der Waals surface area contributed by atoms with Crippen molar-refractivity contribution in [1.29, 1.82) is 0 Å². The Balaban J connectivity index is 1.44. The Morgan fingerprint density at radius 2 is 1.71 bits per heavy atom. The van der Waals surface area contributed by atoms with Crippen LogP contribution in [-0.2, 0) is 22.4 Å². The number of thiophene rings is 1. The summed E-state index contributed by atoms with van der Waals surface area (Å²) >= 11 is 7.51. The zero-order valence-electron chi connectivity index (χ0n) is 16.7. The highest BCUT2D eigenvalue weighted by Crippen LogP contribution is 2.14.